The van der Waals surface area contributed by atoms with Crippen LogP contribution in [0.2, 0.25) is 0 Å². The maximum atomic E-state index is 5.04. The SMILES string of the molecule is c1ccc(-c2cccc(-c3cc(-c4ccccn4)ccc3-c3ccccc3-c3cc(-c4ccccc4-c4ccc(-c5ccccn5)cn4)cc(-c4ccccc4-c4ccc(-c5ccccn5)cn4)c3)c2)cc1. The molecule has 5 aromatic heterocycles. The van der Waals surface area contributed by atoms with Crippen molar-refractivity contribution in [2.75, 3.05) is 0 Å². The van der Waals surface area contributed by atoms with Gasteiger partial charge >= 0.3 is 0 Å². The Morgan fingerprint density at radius 1 is 0.167 bits per heavy atom. The minimum Gasteiger partial charge on any atom is -0.256 e. The van der Waals surface area contributed by atoms with E-state index >= 15 is 0 Å². The van der Waals surface area contributed by atoms with E-state index in [1.807, 2.05) is 79.5 Å². The van der Waals surface area contributed by atoms with Crippen LogP contribution in [-0.4, -0.2) is 24.9 Å². The highest BCUT2D eigenvalue weighted by atomic mass is 14.7. The molecule has 0 spiro atoms. The maximum Gasteiger partial charge on any atom is 0.0717 e. The first kappa shape index (κ1) is 43.6. The van der Waals surface area contributed by atoms with Gasteiger partial charge in [0, 0.05) is 58.8 Å². The predicted molar refractivity (Wildman–Crippen MR) is 295 cm³/mol. The van der Waals surface area contributed by atoms with Crippen LogP contribution in [0.4, 0.5) is 0 Å². The van der Waals surface area contributed by atoms with Gasteiger partial charge in [0.05, 0.1) is 28.5 Å². The highest BCUT2D eigenvalue weighted by Gasteiger charge is 2.19. The molecule has 0 aliphatic carbocycles. The van der Waals surface area contributed by atoms with Crippen LogP contribution in [0.3, 0.4) is 0 Å². The fourth-order valence-electron chi connectivity index (χ4n) is 9.66. The molecule has 0 bridgehead atoms. The molecule has 5 heteroatoms. The second-order valence-electron chi connectivity index (χ2n) is 17.7. The van der Waals surface area contributed by atoms with E-state index in [0.29, 0.717) is 0 Å². The molecule has 0 saturated carbocycles. The third-order valence-electron chi connectivity index (χ3n) is 13.2. The summed E-state index contributed by atoms with van der Waals surface area (Å²) in [6.45, 7) is 0. The van der Waals surface area contributed by atoms with Crippen molar-refractivity contribution in [3.05, 3.63) is 274 Å². The first-order valence-electron chi connectivity index (χ1n) is 24.1. The molecule has 12 rings (SSSR count). The summed E-state index contributed by atoms with van der Waals surface area (Å²) in [6, 6.07) is 85.5. The minimum absolute atomic E-state index is 0.880. The highest BCUT2D eigenvalue weighted by Crippen LogP contribution is 2.45. The number of rotatable bonds is 11. The van der Waals surface area contributed by atoms with Gasteiger partial charge in [0.15, 0.2) is 0 Å². The Morgan fingerprint density at radius 3 is 1.04 bits per heavy atom. The zero-order valence-electron chi connectivity index (χ0n) is 39.2. The molecule has 0 saturated heterocycles. The molecular formula is C67H45N5. The molecule has 0 aliphatic heterocycles. The number of benzene rings is 7. The van der Waals surface area contributed by atoms with Gasteiger partial charge in [0.1, 0.15) is 0 Å². The zero-order valence-corrected chi connectivity index (χ0v) is 39.2. The van der Waals surface area contributed by atoms with Crippen molar-refractivity contribution in [1.82, 2.24) is 24.9 Å². The third kappa shape index (κ3) is 8.90. The normalized spacial score (nSPS) is 11.1. The van der Waals surface area contributed by atoms with Crippen molar-refractivity contribution < 1.29 is 0 Å². The lowest BCUT2D eigenvalue weighted by atomic mass is 9.85. The van der Waals surface area contributed by atoms with E-state index in [1.54, 1.807) is 0 Å². The van der Waals surface area contributed by atoms with E-state index in [0.717, 1.165) is 117 Å². The van der Waals surface area contributed by atoms with Gasteiger partial charge in [-0.1, -0.05) is 152 Å². The Bertz CT molecular complexity index is 3680. The Morgan fingerprint density at radius 2 is 0.556 bits per heavy atom. The average Bonchev–Trinajstić information content (AvgIpc) is 3.48. The van der Waals surface area contributed by atoms with Crippen LogP contribution in [0.1, 0.15) is 0 Å². The van der Waals surface area contributed by atoms with Crippen LogP contribution in [0.5, 0.6) is 0 Å². The number of hydrogen-bond acceptors (Lipinski definition) is 5. The largest absolute Gasteiger partial charge is 0.256 e. The molecule has 0 aliphatic rings. The summed E-state index contributed by atoms with van der Waals surface area (Å²) in [4.78, 5) is 24.0. The second kappa shape index (κ2) is 19.7. The van der Waals surface area contributed by atoms with Gasteiger partial charge in [0.25, 0.3) is 0 Å². The first-order chi connectivity index (χ1) is 35.7. The monoisotopic (exact) mass is 919 g/mol. The summed E-state index contributed by atoms with van der Waals surface area (Å²) in [7, 11) is 0. The van der Waals surface area contributed by atoms with E-state index in [4.69, 9.17) is 15.0 Å². The summed E-state index contributed by atoms with van der Waals surface area (Å²) < 4.78 is 0. The molecule has 5 heterocycles. The van der Waals surface area contributed by atoms with Gasteiger partial charge in [-0.25, -0.2) is 0 Å². The highest BCUT2D eigenvalue weighted by molar-refractivity contribution is 5.97. The maximum absolute atomic E-state index is 5.04. The first-order valence-corrected chi connectivity index (χ1v) is 24.1. The van der Waals surface area contributed by atoms with Crippen LogP contribution < -0.4 is 0 Å². The summed E-state index contributed by atoms with van der Waals surface area (Å²) in [5.41, 5.74) is 22.8. The van der Waals surface area contributed by atoms with Gasteiger partial charge < -0.3 is 0 Å². The van der Waals surface area contributed by atoms with Gasteiger partial charge in [-0.05, 0) is 158 Å². The number of aromatic nitrogens is 5. The molecule has 0 atom stereocenters. The Kier molecular flexibility index (Phi) is 11.9. The van der Waals surface area contributed by atoms with Crippen molar-refractivity contribution in [2.45, 2.75) is 0 Å². The standard InChI is InChI=1S/C67H45N5/c1-2-17-46(18-3-1)47-19-16-20-48(39-47)62-43-49(63-27-10-13-36-68-63)30-33-59(62)58-24-7-4-21-55(58)52-40-53(56-22-5-8-25-60(56)66-34-31-50(44-71-66)64-28-11-14-37-69-64)42-54(41-52)57-23-6-9-26-61(57)67-35-32-51(45-72-67)65-29-12-15-38-70-65/h1-45H. The second-order valence-corrected chi connectivity index (χ2v) is 17.7. The van der Waals surface area contributed by atoms with Gasteiger partial charge in [-0.2, -0.15) is 0 Å². The number of pyridine rings is 5. The van der Waals surface area contributed by atoms with Crippen LogP contribution in [0, 0.1) is 0 Å². The minimum atomic E-state index is 0.880. The number of nitrogens with zero attached hydrogens (tertiary/aromatic N) is 5. The summed E-state index contributed by atoms with van der Waals surface area (Å²) >= 11 is 0. The van der Waals surface area contributed by atoms with E-state index in [1.165, 1.54) is 5.56 Å². The number of hydrogen-bond donors (Lipinski definition) is 0. The van der Waals surface area contributed by atoms with E-state index in [9.17, 15) is 0 Å². The lowest BCUT2D eigenvalue weighted by molar-refractivity contribution is 1.28. The zero-order chi connectivity index (χ0) is 48.1. The smallest absolute Gasteiger partial charge is 0.0717 e. The third-order valence-corrected chi connectivity index (χ3v) is 13.2. The van der Waals surface area contributed by atoms with Crippen LogP contribution in [0.25, 0.3) is 123 Å². The van der Waals surface area contributed by atoms with Crippen molar-refractivity contribution in [2.24, 2.45) is 0 Å². The van der Waals surface area contributed by atoms with E-state index < -0.39 is 0 Å². The van der Waals surface area contributed by atoms with Gasteiger partial charge in [-0.15, -0.1) is 0 Å². The molecule has 0 N–H and O–H groups in total. The van der Waals surface area contributed by atoms with Crippen molar-refractivity contribution in [1.29, 1.82) is 0 Å². The molecule has 0 fully saturated rings. The van der Waals surface area contributed by atoms with Crippen molar-refractivity contribution in [3.8, 4) is 123 Å². The fourth-order valence-corrected chi connectivity index (χ4v) is 9.66. The van der Waals surface area contributed by atoms with Crippen molar-refractivity contribution in [3.63, 3.8) is 0 Å². The Hall–Kier alpha value is -9.71. The summed E-state index contributed by atoms with van der Waals surface area (Å²) in [6.07, 6.45) is 9.32. The molecule has 12 aromatic rings. The Labute approximate surface area is 419 Å². The molecule has 0 radical (unpaired) electrons. The lowest BCUT2D eigenvalue weighted by Gasteiger charge is -2.19. The van der Waals surface area contributed by atoms with Gasteiger partial charge in [-0.3, -0.25) is 24.9 Å². The molecule has 338 valence electrons. The van der Waals surface area contributed by atoms with Crippen LogP contribution >= 0.6 is 0 Å². The van der Waals surface area contributed by atoms with E-state index in [2.05, 4.69) is 204 Å². The molecule has 0 unspecified atom stereocenters. The molecule has 0 amide bonds. The Balaban J connectivity index is 1.04. The molecule has 72 heavy (non-hydrogen) atoms. The molecule has 7 aromatic carbocycles. The quantitative estimate of drug-likeness (QED) is 0.129. The fraction of sp³-hybridized carbons (Fsp3) is 0. The van der Waals surface area contributed by atoms with Crippen LogP contribution in [0.15, 0.2) is 274 Å². The molecule has 5 nitrogen and oxygen atoms in total. The van der Waals surface area contributed by atoms with Gasteiger partial charge in [0.2, 0.25) is 0 Å². The predicted octanol–water partition coefficient (Wildman–Crippen LogP) is 17.0. The molecular weight excluding hydrogens is 875 g/mol. The topological polar surface area (TPSA) is 64.5 Å². The van der Waals surface area contributed by atoms with E-state index in [-0.39, 0.29) is 0 Å². The lowest BCUT2D eigenvalue weighted by Crippen LogP contribution is -1.94. The van der Waals surface area contributed by atoms with Crippen LogP contribution in [-0.2, 0) is 0 Å². The average molecular weight is 920 g/mol. The summed E-state index contributed by atoms with van der Waals surface area (Å²) in [5.74, 6) is 0. The summed E-state index contributed by atoms with van der Waals surface area (Å²) in [5, 5.41) is 0. The van der Waals surface area contributed by atoms with Crippen molar-refractivity contribution >= 4 is 0 Å².